The van der Waals surface area contributed by atoms with E-state index in [4.69, 9.17) is 4.74 Å². The molecule has 0 aromatic carbocycles. The molecule has 0 amide bonds. The van der Waals surface area contributed by atoms with Gasteiger partial charge in [0.1, 0.15) is 0 Å². The van der Waals surface area contributed by atoms with Gasteiger partial charge in [0.2, 0.25) is 0 Å². The quantitative estimate of drug-likeness (QED) is 0.750. The number of ether oxygens (including phenoxy) is 1. The summed E-state index contributed by atoms with van der Waals surface area (Å²) >= 11 is 0. The zero-order chi connectivity index (χ0) is 13.5. The molecular weight excluding hydrogens is 236 g/mol. The van der Waals surface area contributed by atoms with Gasteiger partial charge in [-0.05, 0) is 65.1 Å². The van der Waals surface area contributed by atoms with Crippen LogP contribution in [-0.2, 0) is 4.74 Å². The minimum absolute atomic E-state index is 0.494. The lowest BCUT2D eigenvalue weighted by molar-refractivity contribution is -0.000141. The van der Waals surface area contributed by atoms with E-state index < -0.39 is 0 Å². The normalized spacial score (nSPS) is 33.5. The minimum atomic E-state index is 0.494. The average Bonchev–Trinajstić information content (AvgIpc) is 2.45. The number of likely N-dealkylation sites (tertiary alicyclic amines) is 1. The van der Waals surface area contributed by atoms with Crippen LogP contribution in [0, 0.1) is 0 Å². The first-order chi connectivity index (χ1) is 9.29. The second kappa shape index (κ2) is 8.23. The Bertz CT molecular complexity index is 247. The summed E-state index contributed by atoms with van der Waals surface area (Å²) in [5, 5.41) is 3.73. The van der Waals surface area contributed by atoms with Crippen LogP contribution in [-0.4, -0.2) is 49.3 Å². The second-order valence-electron chi connectivity index (χ2n) is 6.31. The Balaban J connectivity index is 1.56. The molecule has 2 rings (SSSR count). The number of hydrogen-bond acceptors (Lipinski definition) is 3. The summed E-state index contributed by atoms with van der Waals surface area (Å²) in [6, 6.07) is 1.50. The highest BCUT2D eigenvalue weighted by Crippen LogP contribution is 2.17. The summed E-state index contributed by atoms with van der Waals surface area (Å²) in [6.07, 6.45) is 9.56. The highest BCUT2D eigenvalue weighted by atomic mass is 16.5. The lowest BCUT2D eigenvalue weighted by Gasteiger charge is -2.34. The van der Waals surface area contributed by atoms with Crippen molar-refractivity contribution < 1.29 is 4.74 Å². The lowest BCUT2D eigenvalue weighted by Crippen LogP contribution is -2.41. The maximum absolute atomic E-state index is 5.72. The fourth-order valence-electron chi connectivity index (χ4n) is 3.43. The third-order valence-corrected chi connectivity index (χ3v) is 4.82. The van der Waals surface area contributed by atoms with E-state index in [1.165, 1.54) is 58.2 Å². The van der Waals surface area contributed by atoms with Crippen LogP contribution in [0.5, 0.6) is 0 Å². The van der Waals surface area contributed by atoms with Crippen molar-refractivity contribution in [2.24, 2.45) is 0 Å². The van der Waals surface area contributed by atoms with Crippen LogP contribution in [0.1, 0.15) is 58.8 Å². The molecule has 0 aromatic rings. The molecule has 19 heavy (non-hydrogen) atoms. The van der Waals surface area contributed by atoms with Crippen molar-refractivity contribution in [3.8, 4) is 0 Å². The molecule has 2 saturated heterocycles. The molecule has 3 atom stereocenters. The van der Waals surface area contributed by atoms with Crippen molar-refractivity contribution in [2.75, 3.05) is 26.2 Å². The van der Waals surface area contributed by atoms with Crippen LogP contribution in [0.25, 0.3) is 0 Å². The van der Waals surface area contributed by atoms with E-state index in [9.17, 15) is 0 Å². The zero-order valence-corrected chi connectivity index (χ0v) is 12.9. The second-order valence-corrected chi connectivity index (χ2v) is 6.31. The topological polar surface area (TPSA) is 24.5 Å². The van der Waals surface area contributed by atoms with Crippen molar-refractivity contribution in [1.82, 2.24) is 10.2 Å². The van der Waals surface area contributed by atoms with Gasteiger partial charge in [-0.25, -0.2) is 0 Å². The van der Waals surface area contributed by atoms with Gasteiger partial charge in [0.15, 0.2) is 0 Å². The Kier molecular flexibility index (Phi) is 6.62. The van der Waals surface area contributed by atoms with Crippen molar-refractivity contribution in [3.05, 3.63) is 0 Å². The standard InChI is InChI=1S/C16H32N2O/c1-3-16-13-15(8-12-19-16)17-9-6-11-18-10-5-4-7-14(18)2/h14-17H,3-13H2,1-2H3. The fourth-order valence-corrected chi connectivity index (χ4v) is 3.43. The summed E-state index contributed by atoms with van der Waals surface area (Å²) in [4.78, 5) is 2.67. The maximum Gasteiger partial charge on any atom is 0.0587 e. The number of rotatable bonds is 6. The molecule has 3 nitrogen and oxygen atoms in total. The molecular formula is C16H32N2O. The van der Waals surface area contributed by atoms with E-state index in [1.54, 1.807) is 0 Å². The van der Waals surface area contributed by atoms with Crippen LogP contribution < -0.4 is 5.32 Å². The summed E-state index contributed by atoms with van der Waals surface area (Å²) < 4.78 is 5.72. The van der Waals surface area contributed by atoms with Crippen LogP contribution in [0.4, 0.5) is 0 Å². The average molecular weight is 268 g/mol. The van der Waals surface area contributed by atoms with E-state index in [-0.39, 0.29) is 0 Å². The van der Waals surface area contributed by atoms with Crippen LogP contribution in [0.2, 0.25) is 0 Å². The molecule has 0 aliphatic carbocycles. The first-order valence-electron chi connectivity index (χ1n) is 8.38. The molecule has 3 heteroatoms. The van der Waals surface area contributed by atoms with Crippen LogP contribution >= 0.6 is 0 Å². The Morgan fingerprint density at radius 1 is 1.26 bits per heavy atom. The van der Waals surface area contributed by atoms with E-state index in [1.807, 2.05) is 0 Å². The number of nitrogens with one attached hydrogen (secondary N) is 1. The third-order valence-electron chi connectivity index (χ3n) is 4.82. The molecule has 2 aliphatic rings. The van der Waals surface area contributed by atoms with Crippen molar-refractivity contribution in [1.29, 1.82) is 0 Å². The first kappa shape index (κ1) is 15.3. The maximum atomic E-state index is 5.72. The summed E-state index contributed by atoms with van der Waals surface area (Å²) in [5.41, 5.74) is 0. The molecule has 1 N–H and O–H groups in total. The summed E-state index contributed by atoms with van der Waals surface area (Å²) in [6.45, 7) is 9.32. The number of nitrogens with zero attached hydrogens (tertiary/aromatic N) is 1. The van der Waals surface area contributed by atoms with Gasteiger partial charge in [-0.1, -0.05) is 13.3 Å². The Labute approximate surface area is 119 Å². The molecule has 0 saturated carbocycles. The molecule has 3 unspecified atom stereocenters. The van der Waals surface area contributed by atoms with Gasteiger partial charge in [-0.3, -0.25) is 0 Å². The largest absolute Gasteiger partial charge is 0.378 e. The molecule has 0 bridgehead atoms. The van der Waals surface area contributed by atoms with Gasteiger partial charge in [0, 0.05) is 18.7 Å². The van der Waals surface area contributed by atoms with E-state index >= 15 is 0 Å². The predicted molar refractivity (Wildman–Crippen MR) is 80.6 cm³/mol. The lowest BCUT2D eigenvalue weighted by atomic mass is 10.0. The van der Waals surface area contributed by atoms with Crippen molar-refractivity contribution in [3.63, 3.8) is 0 Å². The molecule has 2 fully saturated rings. The SMILES string of the molecule is CCC1CC(NCCCN2CCCCC2C)CCO1. The summed E-state index contributed by atoms with van der Waals surface area (Å²) in [5.74, 6) is 0. The molecule has 2 heterocycles. The van der Waals surface area contributed by atoms with Gasteiger partial charge >= 0.3 is 0 Å². The number of hydrogen-bond donors (Lipinski definition) is 1. The minimum Gasteiger partial charge on any atom is -0.378 e. The van der Waals surface area contributed by atoms with Crippen molar-refractivity contribution in [2.45, 2.75) is 77.0 Å². The zero-order valence-electron chi connectivity index (χ0n) is 12.9. The van der Waals surface area contributed by atoms with Gasteiger partial charge in [-0.2, -0.15) is 0 Å². The molecule has 2 aliphatic heterocycles. The Morgan fingerprint density at radius 2 is 2.16 bits per heavy atom. The highest BCUT2D eigenvalue weighted by molar-refractivity contribution is 4.77. The van der Waals surface area contributed by atoms with Gasteiger partial charge < -0.3 is 15.0 Å². The molecule has 0 spiro atoms. The van der Waals surface area contributed by atoms with Crippen molar-refractivity contribution >= 4 is 0 Å². The van der Waals surface area contributed by atoms with Gasteiger partial charge in [-0.15, -0.1) is 0 Å². The smallest absolute Gasteiger partial charge is 0.0587 e. The van der Waals surface area contributed by atoms with Gasteiger partial charge in [0.25, 0.3) is 0 Å². The fraction of sp³-hybridized carbons (Fsp3) is 1.00. The molecule has 112 valence electrons. The Hall–Kier alpha value is -0.120. The third kappa shape index (κ3) is 5.05. The monoisotopic (exact) mass is 268 g/mol. The Morgan fingerprint density at radius 3 is 2.95 bits per heavy atom. The predicted octanol–water partition coefficient (Wildman–Crippen LogP) is 2.80. The molecule has 0 aromatic heterocycles. The van der Waals surface area contributed by atoms with E-state index in [0.717, 1.165) is 19.1 Å². The van der Waals surface area contributed by atoms with E-state index in [0.29, 0.717) is 12.1 Å². The van der Waals surface area contributed by atoms with Crippen LogP contribution in [0.15, 0.2) is 0 Å². The van der Waals surface area contributed by atoms with Crippen LogP contribution in [0.3, 0.4) is 0 Å². The number of piperidine rings is 1. The highest BCUT2D eigenvalue weighted by Gasteiger charge is 2.21. The molecule has 0 radical (unpaired) electrons. The first-order valence-corrected chi connectivity index (χ1v) is 8.38. The summed E-state index contributed by atoms with van der Waals surface area (Å²) in [7, 11) is 0. The van der Waals surface area contributed by atoms with E-state index in [2.05, 4.69) is 24.1 Å². The van der Waals surface area contributed by atoms with Gasteiger partial charge in [0.05, 0.1) is 6.10 Å².